The quantitative estimate of drug-likeness (QED) is 0.899. The molecule has 1 unspecified atom stereocenters. The van der Waals surface area contributed by atoms with Crippen molar-refractivity contribution in [3.8, 4) is 0 Å². The third-order valence-electron chi connectivity index (χ3n) is 4.54. The molecule has 19 heavy (non-hydrogen) atoms. The van der Waals surface area contributed by atoms with Crippen LogP contribution < -0.4 is 5.32 Å². The van der Waals surface area contributed by atoms with Crippen LogP contribution in [0.3, 0.4) is 0 Å². The molecule has 0 saturated carbocycles. The standard InChI is InChI=1S/C16H25N3/c1-17-15-6-4-5-14(11-15)12-18-9-10-19-8-3-2-7-16(19)13-18/h4-6,11,16-17H,2-3,7-10,12-13H2,1H3. The van der Waals surface area contributed by atoms with Crippen LogP contribution in [0.25, 0.3) is 0 Å². The van der Waals surface area contributed by atoms with Crippen LogP contribution in [0.1, 0.15) is 24.8 Å². The van der Waals surface area contributed by atoms with Crippen molar-refractivity contribution in [2.24, 2.45) is 0 Å². The van der Waals surface area contributed by atoms with Gasteiger partial charge < -0.3 is 5.32 Å². The number of nitrogens with zero attached hydrogens (tertiary/aromatic N) is 2. The Morgan fingerprint density at radius 3 is 3.05 bits per heavy atom. The van der Waals surface area contributed by atoms with Gasteiger partial charge in [-0.1, -0.05) is 18.6 Å². The zero-order chi connectivity index (χ0) is 13.1. The Morgan fingerprint density at radius 1 is 1.21 bits per heavy atom. The topological polar surface area (TPSA) is 18.5 Å². The average molecular weight is 259 g/mol. The summed E-state index contributed by atoms with van der Waals surface area (Å²) in [5.74, 6) is 0. The molecule has 0 bridgehead atoms. The fraction of sp³-hybridized carbons (Fsp3) is 0.625. The van der Waals surface area contributed by atoms with Gasteiger partial charge in [0.2, 0.25) is 0 Å². The Bertz CT molecular complexity index is 418. The van der Waals surface area contributed by atoms with Crippen LogP contribution in [0.5, 0.6) is 0 Å². The fourth-order valence-corrected chi connectivity index (χ4v) is 3.45. The molecule has 2 heterocycles. The Morgan fingerprint density at radius 2 is 2.16 bits per heavy atom. The number of hydrogen-bond donors (Lipinski definition) is 1. The smallest absolute Gasteiger partial charge is 0.0340 e. The number of fused-ring (bicyclic) bond motifs is 1. The lowest BCUT2D eigenvalue weighted by Crippen LogP contribution is -2.54. The zero-order valence-corrected chi connectivity index (χ0v) is 11.9. The highest BCUT2D eigenvalue weighted by Gasteiger charge is 2.28. The van der Waals surface area contributed by atoms with Crippen LogP contribution in [0, 0.1) is 0 Å². The van der Waals surface area contributed by atoms with Crippen molar-refractivity contribution in [2.75, 3.05) is 38.5 Å². The Hall–Kier alpha value is -1.06. The highest BCUT2D eigenvalue weighted by atomic mass is 15.3. The minimum atomic E-state index is 0.815. The molecule has 2 fully saturated rings. The van der Waals surface area contributed by atoms with Crippen molar-refractivity contribution in [1.29, 1.82) is 0 Å². The van der Waals surface area contributed by atoms with Crippen LogP contribution in [-0.2, 0) is 6.54 Å². The molecule has 3 heteroatoms. The predicted octanol–water partition coefficient (Wildman–Crippen LogP) is 2.40. The zero-order valence-electron chi connectivity index (χ0n) is 11.9. The summed E-state index contributed by atoms with van der Waals surface area (Å²) < 4.78 is 0. The number of benzene rings is 1. The second-order valence-electron chi connectivity index (χ2n) is 5.87. The number of piperazine rings is 1. The molecular weight excluding hydrogens is 234 g/mol. The van der Waals surface area contributed by atoms with E-state index in [2.05, 4.69) is 39.4 Å². The molecule has 0 aromatic heterocycles. The van der Waals surface area contributed by atoms with Crippen molar-refractivity contribution >= 4 is 5.69 Å². The lowest BCUT2D eigenvalue weighted by Gasteiger charge is -2.44. The second kappa shape index (κ2) is 5.93. The maximum Gasteiger partial charge on any atom is 0.0340 e. The third-order valence-corrected chi connectivity index (χ3v) is 4.54. The van der Waals surface area contributed by atoms with Gasteiger partial charge in [0.25, 0.3) is 0 Å². The van der Waals surface area contributed by atoms with E-state index in [0.29, 0.717) is 0 Å². The van der Waals surface area contributed by atoms with Gasteiger partial charge in [-0.25, -0.2) is 0 Å². The van der Waals surface area contributed by atoms with Gasteiger partial charge >= 0.3 is 0 Å². The van der Waals surface area contributed by atoms with Gasteiger partial charge in [0.1, 0.15) is 0 Å². The minimum Gasteiger partial charge on any atom is -0.388 e. The van der Waals surface area contributed by atoms with Gasteiger partial charge in [-0.2, -0.15) is 0 Å². The second-order valence-corrected chi connectivity index (χ2v) is 5.87. The molecule has 1 N–H and O–H groups in total. The third kappa shape index (κ3) is 3.10. The van der Waals surface area contributed by atoms with Crippen molar-refractivity contribution in [1.82, 2.24) is 9.80 Å². The number of rotatable bonds is 3. The summed E-state index contributed by atoms with van der Waals surface area (Å²) in [6.45, 7) is 6.16. The molecule has 3 rings (SSSR count). The predicted molar refractivity (Wildman–Crippen MR) is 80.5 cm³/mol. The van der Waals surface area contributed by atoms with E-state index in [1.54, 1.807) is 0 Å². The summed E-state index contributed by atoms with van der Waals surface area (Å²) in [6, 6.07) is 9.61. The van der Waals surface area contributed by atoms with Crippen molar-refractivity contribution < 1.29 is 0 Å². The lowest BCUT2D eigenvalue weighted by molar-refractivity contribution is 0.0457. The molecule has 0 radical (unpaired) electrons. The van der Waals surface area contributed by atoms with Crippen LogP contribution >= 0.6 is 0 Å². The molecule has 1 aromatic carbocycles. The molecule has 2 aliphatic rings. The maximum atomic E-state index is 3.22. The monoisotopic (exact) mass is 259 g/mol. The highest BCUT2D eigenvalue weighted by molar-refractivity contribution is 5.44. The van der Waals surface area contributed by atoms with Gasteiger partial charge in [0, 0.05) is 45.0 Å². The first-order valence-electron chi connectivity index (χ1n) is 7.58. The summed E-state index contributed by atoms with van der Waals surface area (Å²) in [6.07, 6.45) is 4.22. The summed E-state index contributed by atoms with van der Waals surface area (Å²) >= 11 is 0. The summed E-state index contributed by atoms with van der Waals surface area (Å²) in [5.41, 5.74) is 2.64. The molecule has 1 atom stereocenters. The van der Waals surface area contributed by atoms with Gasteiger partial charge in [-0.05, 0) is 37.1 Å². The van der Waals surface area contributed by atoms with Crippen LogP contribution in [-0.4, -0.2) is 49.1 Å². The van der Waals surface area contributed by atoms with Crippen molar-refractivity contribution in [2.45, 2.75) is 31.8 Å². The lowest BCUT2D eigenvalue weighted by atomic mass is 9.99. The van der Waals surface area contributed by atoms with E-state index in [4.69, 9.17) is 0 Å². The van der Waals surface area contributed by atoms with E-state index in [0.717, 1.165) is 12.6 Å². The summed E-state index contributed by atoms with van der Waals surface area (Å²) in [5, 5.41) is 3.22. The first kappa shape index (κ1) is 12.9. The van der Waals surface area contributed by atoms with Crippen LogP contribution in [0.2, 0.25) is 0 Å². The Kier molecular flexibility index (Phi) is 4.04. The van der Waals surface area contributed by atoms with E-state index in [-0.39, 0.29) is 0 Å². The van der Waals surface area contributed by atoms with Crippen molar-refractivity contribution in [3.63, 3.8) is 0 Å². The largest absolute Gasteiger partial charge is 0.388 e. The average Bonchev–Trinajstić information content (AvgIpc) is 2.47. The van der Waals surface area contributed by atoms with E-state index in [1.165, 1.54) is 56.7 Å². The number of anilines is 1. The molecule has 0 amide bonds. The normalized spacial score (nSPS) is 25.0. The Labute approximate surface area is 116 Å². The van der Waals surface area contributed by atoms with Gasteiger partial charge in [0.05, 0.1) is 0 Å². The van der Waals surface area contributed by atoms with Gasteiger partial charge in [0.15, 0.2) is 0 Å². The first-order valence-corrected chi connectivity index (χ1v) is 7.58. The van der Waals surface area contributed by atoms with E-state index in [1.807, 2.05) is 7.05 Å². The molecule has 1 aromatic rings. The van der Waals surface area contributed by atoms with Gasteiger partial charge in [-0.15, -0.1) is 0 Å². The van der Waals surface area contributed by atoms with Crippen LogP contribution in [0.4, 0.5) is 5.69 Å². The number of hydrogen-bond acceptors (Lipinski definition) is 3. The number of piperidine rings is 1. The molecule has 104 valence electrons. The molecule has 3 nitrogen and oxygen atoms in total. The summed E-state index contributed by atoms with van der Waals surface area (Å²) in [7, 11) is 1.99. The molecule has 2 saturated heterocycles. The van der Waals surface area contributed by atoms with E-state index < -0.39 is 0 Å². The first-order chi connectivity index (χ1) is 9.35. The van der Waals surface area contributed by atoms with Crippen molar-refractivity contribution in [3.05, 3.63) is 29.8 Å². The molecular formula is C16H25N3. The molecule has 2 aliphatic heterocycles. The highest BCUT2D eigenvalue weighted by Crippen LogP contribution is 2.22. The molecule has 0 spiro atoms. The summed E-state index contributed by atoms with van der Waals surface area (Å²) in [4.78, 5) is 5.32. The van der Waals surface area contributed by atoms with Gasteiger partial charge in [-0.3, -0.25) is 9.80 Å². The SMILES string of the molecule is CNc1cccc(CN2CCN3CCCCC3C2)c1. The van der Waals surface area contributed by atoms with E-state index in [9.17, 15) is 0 Å². The minimum absolute atomic E-state index is 0.815. The van der Waals surface area contributed by atoms with Crippen LogP contribution in [0.15, 0.2) is 24.3 Å². The number of nitrogens with one attached hydrogen (secondary N) is 1. The maximum absolute atomic E-state index is 3.22. The van der Waals surface area contributed by atoms with E-state index >= 15 is 0 Å². The fourth-order valence-electron chi connectivity index (χ4n) is 3.45. The Balaban J connectivity index is 1.60. The molecule has 0 aliphatic carbocycles.